The molecule has 2 aliphatic heterocycles. The Morgan fingerprint density at radius 2 is 1.65 bits per heavy atom. The minimum Gasteiger partial charge on any atom is -0.351 e. The van der Waals surface area contributed by atoms with E-state index < -0.39 is 10.0 Å². The van der Waals surface area contributed by atoms with E-state index in [1.807, 2.05) is 0 Å². The summed E-state index contributed by atoms with van der Waals surface area (Å²) in [6.07, 6.45) is 3.94. The number of sulfonamides is 1. The largest absolute Gasteiger partial charge is 0.351 e. The summed E-state index contributed by atoms with van der Waals surface area (Å²) in [6, 6.07) is 12.6. The first-order valence-electron chi connectivity index (χ1n) is 13.1. The number of fused-ring (bicyclic) bond motifs is 1. The normalized spacial score (nSPS) is 18.1. The molecule has 5 rings (SSSR count). The molecule has 0 spiro atoms. The van der Waals surface area contributed by atoms with Crippen LogP contribution in [0.4, 0.5) is 5.13 Å². The third-order valence-electron chi connectivity index (χ3n) is 7.29. The van der Waals surface area contributed by atoms with Crippen molar-refractivity contribution in [3.63, 3.8) is 0 Å². The summed E-state index contributed by atoms with van der Waals surface area (Å²) in [5, 5.41) is 4.06. The SMILES string of the molecule is Cc1cccc2sc(N3CCN(CCNC(=O)c4ccc(S(=O)(=O)N5CCCCCC5)cc4)CC3)nc12. The minimum atomic E-state index is -3.51. The number of benzene rings is 2. The predicted octanol–water partition coefficient (Wildman–Crippen LogP) is 3.72. The highest BCUT2D eigenvalue weighted by Crippen LogP contribution is 2.31. The number of nitrogens with zero attached hydrogens (tertiary/aromatic N) is 4. The molecule has 0 aliphatic carbocycles. The molecule has 1 N–H and O–H groups in total. The van der Waals surface area contributed by atoms with Gasteiger partial charge in [0.25, 0.3) is 5.91 Å². The topological polar surface area (TPSA) is 85.8 Å². The van der Waals surface area contributed by atoms with Crippen molar-refractivity contribution in [2.75, 3.05) is 57.3 Å². The molecular formula is C27H35N5O3S2. The van der Waals surface area contributed by atoms with Gasteiger partial charge in [0.15, 0.2) is 5.13 Å². The van der Waals surface area contributed by atoms with E-state index in [9.17, 15) is 13.2 Å². The Morgan fingerprint density at radius 3 is 2.32 bits per heavy atom. The lowest BCUT2D eigenvalue weighted by Crippen LogP contribution is -2.48. The summed E-state index contributed by atoms with van der Waals surface area (Å²) in [6.45, 7) is 8.25. The summed E-state index contributed by atoms with van der Waals surface area (Å²) in [5.41, 5.74) is 2.79. The van der Waals surface area contributed by atoms with Gasteiger partial charge in [-0.25, -0.2) is 13.4 Å². The number of carbonyl (C=O) groups excluding carboxylic acids is 1. The summed E-state index contributed by atoms with van der Waals surface area (Å²) >= 11 is 1.75. The van der Waals surface area contributed by atoms with Gasteiger partial charge < -0.3 is 10.2 Å². The number of nitrogens with one attached hydrogen (secondary N) is 1. The Morgan fingerprint density at radius 1 is 0.946 bits per heavy atom. The highest BCUT2D eigenvalue weighted by Gasteiger charge is 2.25. The number of carbonyl (C=O) groups is 1. The van der Waals surface area contributed by atoms with Crippen molar-refractivity contribution in [2.45, 2.75) is 37.5 Å². The third kappa shape index (κ3) is 5.98. The first-order chi connectivity index (χ1) is 17.9. The minimum absolute atomic E-state index is 0.179. The van der Waals surface area contributed by atoms with Crippen LogP contribution in [0.3, 0.4) is 0 Å². The molecule has 2 aliphatic rings. The Kier molecular flexibility index (Phi) is 8.09. The average Bonchev–Trinajstić information content (AvgIpc) is 3.16. The zero-order chi connectivity index (χ0) is 25.8. The van der Waals surface area contributed by atoms with E-state index in [1.165, 1.54) is 10.3 Å². The highest BCUT2D eigenvalue weighted by atomic mass is 32.2. The summed E-state index contributed by atoms with van der Waals surface area (Å²) < 4.78 is 28.7. The molecule has 0 bridgehead atoms. The number of anilines is 1. The third-order valence-corrected chi connectivity index (χ3v) is 10.3. The quantitative estimate of drug-likeness (QED) is 0.491. The van der Waals surface area contributed by atoms with Crippen molar-refractivity contribution in [1.82, 2.24) is 19.5 Å². The maximum Gasteiger partial charge on any atom is 0.251 e. The van der Waals surface area contributed by atoms with Crippen molar-refractivity contribution in [2.24, 2.45) is 0 Å². The second-order valence-corrected chi connectivity index (χ2v) is 12.8. The second kappa shape index (κ2) is 11.5. The van der Waals surface area contributed by atoms with Crippen LogP contribution < -0.4 is 10.2 Å². The zero-order valence-corrected chi connectivity index (χ0v) is 23.0. The molecule has 0 saturated carbocycles. The molecule has 8 nitrogen and oxygen atoms in total. The summed E-state index contributed by atoms with van der Waals surface area (Å²) in [7, 11) is -3.51. The molecule has 10 heteroatoms. The number of piperazine rings is 1. The van der Waals surface area contributed by atoms with E-state index in [1.54, 1.807) is 39.9 Å². The molecule has 3 heterocycles. The summed E-state index contributed by atoms with van der Waals surface area (Å²) in [4.78, 5) is 22.5. The maximum absolute atomic E-state index is 13.0. The van der Waals surface area contributed by atoms with Crippen LogP contribution in [0, 0.1) is 6.92 Å². The van der Waals surface area contributed by atoms with E-state index in [4.69, 9.17) is 4.98 Å². The van der Waals surface area contributed by atoms with Gasteiger partial charge in [-0.05, 0) is 55.7 Å². The van der Waals surface area contributed by atoms with Crippen LogP contribution in [0.25, 0.3) is 10.2 Å². The number of aryl methyl sites for hydroxylation is 1. The molecular weight excluding hydrogens is 506 g/mol. The Balaban J connectivity index is 1.08. The summed E-state index contributed by atoms with van der Waals surface area (Å²) in [5.74, 6) is -0.179. The van der Waals surface area contributed by atoms with E-state index >= 15 is 0 Å². The van der Waals surface area contributed by atoms with E-state index in [0.29, 0.717) is 25.2 Å². The molecule has 37 heavy (non-hydrogen) atoms. The monoisotopic (exact) mass is 541 g/mol. The number of hydrogen-bond acceptors (Lipinski definition) is 7. The van der Waals surface area contributed by atoms with Crippen molar-refractivity contribution in [3.8, 4) is 0 Å². The van der Waals surface area contributed by atoms with Gasteiger partial charge in [0, 0.05) is 57.9 Å². The van der Waals surface area contributed by atoms with Crippen LogP contribution in [0.1, 0.15) is 41.6 Å². The van der Waals surface area contributed by atoms with Gasteiger partial charge in [-0.15, -0.1) is 0 Å². The van der Waals surface area contributed by atoms with Gasteiger partial charge in [0.1, 0.15) is 0 Å². The number of rotatable bonds is 7. The molecule has 0 unspecified atom stereocenters. The fourth-order valence-electron chi connectivity index (χ4n) is 5.01. The molecule has 2 fully saturated rings. The van der Waals surface area contributed by atoms with Gasteiger partial charge in [0.05, 0.1) is 15.1 Å². The lowest BCUT2D eigenvalue weighted by atomic mass is 10.2. The predicted molar refractivity (Wildman–Crippen MR) is 149 cm³/mol. The van der Waals surface area contributed by atoms with Gasteiger partial charge in [-0.1, -0.05) is 36.3 Å². The lowest BCUT2D eigenvalue weighted by molar-refractivity contribution is 0.0947. The number of aromatic nitrogens is 1. The molecule has 0 radical (unpaired) electrons. The van der Waals surface area contributed by atoms with Crippen LogP contribution in [-0.2, 0) is 10.0 Å². The fourth-order valence-corrected chi connectivity index (χ4v) is 7.62. The Labute approximate surface area is 223 Å². The van der Waals surface area contributed by atoms with E-state index in [0.717, 1.165) is 69.1 Å². The second-order valence-electron chi connectivity index (χ2n) is 9.85. The van der Waals surface area contributed by atoms with Crippen molar-refractivity contribution < 1.29 is 13.2 Å². The number of thiazole rings is 1. The lowest BCUT2D eigenvalue weighted by Gasteiger charge is -2.34. The van der Waals surface area contributed by atoms with Crippen molar-refractivity contribution >= 4 is 42.6 Å². The van der Waals surface area contributed by atoms with E-state index in [2.05, 4.69) is 40.2 Å². The Hall–Kier alpha value is -2.53. The molecule has 0 atom stereocenters. The molecule has 1 aromatic heterocycles. The Bertz CT molecular complexity index is 1320. The standard InChI is InChI=1S/C27H35N5O3S2/c1-21-7-6-8-24-25(21)29-27(36-24)31-19-17-30(18-20-31)16-13-28-26(33)22-9-11-23(12-10-22)37(34,35)32-14-4-2-3-5-15-32/h6-12H,2-5,13-20H2,1H3,(H,28,33). The van der Waals surface area contributed by atoms with Gasteiger partial charge >= 0.3 is 0 Å². The van der Waals surface area contributed by atoms with E-state index in [-0.39, 0.29) is 10.8 Å². The van der Waals surface area contributed by atoms with Crippen LogP contribution >= 0.6 is 11.3 Å². The molecule has 2 saturated heterocycles. The fraction of sp³-hybridized carbons (Fsp3) is 0.481. The number of hydrogen-bond donors (Lipinski definition) is 1. The maximum atomic E-state index is 13.0. The highest BCUT2D eigenvalue weighted by molar-refractivity contribution is 7.89. The van der Waals surface area contributed by atoms with Crippen LogP contribution in [0.5, 0.6) is 0 Å². The van der Waals surface area contributed by atoms with Gasteiger partial charge in [-0.3, -0.25) is 9.69 Å². The number of para-hydroxylation sites is 1. The molecule has 2 aromatic carbocycles. The average molecular weight is 542 g/mol. The first-order valence-corrected chi connectivity index (χ1v) is 15.4. The zero-order valence-electron chi connectivity index (χ0n) is 21.4. The van der Waals surface area contributed by atoms with Crippen LogP contribution in [0.15, 0.2) is 47.4 Å². The van der Waals surface area contributed by atoms with Crippen molar-refractivity contribution in [1.29, 1.82) is 0 Å². The van der Waals surface area contributed by atoms with Gasteiger partial charge in [-0.2, -0.15) is 4.31 Å². The van der Waals surface area contributed by atoms with Crippen molar-refractivity contribution in [3.05, 3.63) is 53.6 Å². The molecule has 3 aromatic rings. The first kappa shape index (κ1) is 26.1. The molecule has 198 valence electrons. The van der Waals surface area contributed by atoms with Gasteiger partial charge in [0.2, 0.25) is 10.0 Å². The van der Waals surface area contributed by atoms with Crippen LogP contribution in [-0.4, -0.2) is 80.9 Å². The van der Waals surface area contributed by atoms with Crippen LogP contribution in [0.2, 0.25) is 0 Å². The molecule has 1 amide bonds. The smallest absolute Gasteiger partial charge is 0.251 e. The number of amides is 1.